The number of ether oxygens (including phenoxy) is 1. The summed E-state index contributed by atoms with van der Waals surface area (Å²) in [4.78, 5) is 35.6. The number of thiocarbonyl (C=S) groups is 1. The van der Waals surface area contributed by atoms with E-state index in [1.54, 1.807) is 31.2 Å². The molecule has 2 aromatic carbocycles. The molecule has 0 saturated carbocycles. The zero-order chi connectivity index (χ0) is 21.8. The second-order valence-corrected chi connectivity index (χ2v) is 6.47. The summed E-state index contributed by atoms with van der Waals surface area (Å²) < 4.78 is 4.70. The van der Waals surface area contributed by atoms with Gasteiger partial charge in [0.1, 0.15) is 0 Å². The quantitative estimate of drug-likeness (QED) is 0.342. The summed E-state index contributed by atoms with van der Waals surface area (Å²) in [7, 11) is 0. The molecule has 0 unspecified atom stereocenters. The van der Waals surface area contributed by atoms with E-state index >= 15 is 0 Å². The second kappa shape index (κ2) is 12.1. The predicted octanol–water partition coefficient (Wildman–Crippen LogP) is 2.59. The van der Waals surface area contributed by atoms with Crippen molar-refractivity contribution in [1.82, 2.24) is 10.6 Å². The lowest BCUT2D eigenvalue weighted by Crippen LogP contribution is -2.34. The number of carbonyl (C=O) groups excluding carboxylic acids is 3. The van der Waals surface area contributed by atoms with Crippen LogP contribution >= 0.6 is 12.2 Å². The molecule has 0 aliphatic carbocycles. The number of nitrogens with one attached hydrogen (secondary N) is 3. The average molecular weight is 426 g/mol. The minimum atomic E-state index is -0.621. The van der Waals surface area contributed by atoms with E-state index in [4.69, 9.17) is 17.0 Å². The molecule has 8 heteroatoms. The summed E-state index contributed by atoms with van der Waals surface area (Å²) >= 11 is 5.12. The third kappa shape index (κ3) is 7.84. The Morgan fingerprint density at radius 3 is 2.43 bits per heavy atom. The Kier molecular flexibility index (Phi) is 9.20. The highest BCUT2D eigenvalue weighted by Gasteiger charge is 2.12. The third-order valence-electron chi connectivity index (χ3n) is 3.86. The second-order valence-electron chi connectivity index (χ2n) is 6.07. The lowest BCUT2D eigenvalue weighted by atomic mass is 10.1. The van der Waals surface area contributed by atoms with Crippen LogP contribution in [0.1, 0.15) is 22.8 Å². The van der Waals surface area contributed by atoms with Crippen LogP contribution in [0.4, 0.5) is 5.69 Å². The van der Waals surface area contributed by atoms with Crippen LogP contribution in [-0.2, 0) is 20.7 Å². The van der Waals surface area contributed by atoms with Crippen LogP contribution in [0.5, 0.6) is 0 Å². The van der Waals surface area contributed by atoms with E-state index in [-0.39, 0.29) is 17.6 Å². The maximum absolute atomic E-state index is 12.6. The zero-order valence-electron chi connectivity index (χ0n) is 16.5. The van der Waals surface area contributed by atoms with Crippen molar-refractivity contribution >= 4 is 40.8 Å². The van der Waals surface area contributed by atoms with Gasteiger partial charge in [-0.25, -0.2) is 4.79 Å². The first-order valence-corrected chi connectivity index (χ1v) is 9.78. The van der Waals surface area contributed by atoms with E-state index < -0.39 is 11.9 Å². The number of anilines is 1. The van der Waals surface area contributed by atoms with E-state index in [0.29, 0.717) is 24.2 Å². The molecular weight excluding hydrogens is 402 g/mol. The molecular formula is C22H23N3O4S. The van der Waals surface area contributed by atoms with E-state index in [9.17, 15) is 14.4 Å². The Balaban J connectivity index is 1.90. The van der Waals surface area contributed by atoms with Crippen molar-refractivity contribution in [2.75, 3.05) is 18.5 Å². The number of para-hydroxylation sites is 1. The Morgan fingerprint density at radius 2 is 1.70 bits per heavy atom. The molecule has 0 aromatic heterocycles. The van der Waals surface area contributed by atoms with E-state index in [1.807, 2.05) is 30.3 Å². The first kappa shape index (κ1) is 22.8. The molecule has 0 atom stereocenters. The van der Waals surface area contributed by atoms with Crippen LogP contribution in [0.15, 0.2) is 66.7 Å². The van der Waals surface area contributed by atoms with Gasteiger partial charge in [-0.1, -0.05) is 42.5 Å². The van der Waals surface area contributed by atoms with Crippen LogP contribution < -0.4 is 16.0 Å². The molecule has 0 aliphatic rings. The summed E-state index contributed by atoms with van der Waals surface area (Å²) in [6, 6.07) is 16.7. The van der Waals surface area contributed by atoms with Crippen molar-refractivity contribution in [1.29, 1.82) is 0 Å². The fraction of sp³-hybridized carbons (Fsp3) is 0.182. The average Bonchev–Trinajstić information content (AvgIpc) is 2.73. The predicted molar refractivity (Wildman–Crippen MR) is 119 cm³/mol. The highest BCUT2D eigenvalue weighted by molar-refractivity contribution is 7.80. The number of carbonyl (C=O) groups is 3. The van der Waals surface area contributed by atoms with Crippen LogP contribution in [0, 0.1) is 0 Å². The lowest BCUT2D eigenvalue weighted by molar-refractivity contribution is -0.137. The monoisotopic (exact) mass is 425 g/mol. The number of rotatable bonds is 8. The molecule has 0 radical (unpaired) electrons. The van der Waals surface area contributed by atoms with Crippen molar-refractivity contribution in [2.45, 2.75) is 13.3 Å². The summed E-state index contributed by atoms with van der Waals surface area (Å²) in [5.74, 6) is -1.47. The van der Waals surface area contributed by atoms with Gasteiger partial charge in [-0.05, 0) is 43.3 Å². The van der Waals surface area contributed by atoms with E-state index in [0.717, 1.165) is 17.7 Å². The first-order chi connectivity index (χ1) is 14.5. The van der Waals surface area contributed by atoms with Gasteiger partial charge in [0, 0.05) is 18.7 Å². The van der Waals surface area contributed by atoms with Gasteiger partial charge in [-0.3, -0.25) is 14.9 Å². The summed E-state index contributed by atoms with van der Waals surface area (Å²) in [5, 5.41) is 8.12. The fourth-order valence-electron chi connectivity index (χ4n) is 2.49. The van der Waals surface area contributed by atoms with Gasteiger partial charge >= 0.3 is 5.97 Å². The Hall–Kier alpha value is -3.52. The zero-order valence-corrected chi connectivity index (χ0v) is 17.3. The molecule has 0 spiro atoms. The van der Waals surface area contributed by atoms with Gasteiger partial charge in [0.2, 0.25) is 5.91 Å². The Morgan fingerprint density at radius 1 is 1.00 bits per heavy atom. The number of hydrogen-bond donors (Lipinski definition) is 3. The number of amides is 2. The molecule has 30 heavy (non-hydrogen) atoms. The maximum Gasteiger partial charge on any atom is 0.330 e. The van der Waals surface area contributed by atoms with Gasteiger partial charge in [0.15, 0.2) is 5.11 Å². The third-order valence-corrected chi connectivity index (χ3v) is 4.06. The standard InChI is InChI=1S/C22H23N3O4S/c1-2-29-20(27)13-12-19(26)25-22(30)24-18-11-7-6-10-17(18)21(28)23-15-14-16-8-4-3-5-9-16/h3-13H,2,14-15H2,1H3,(H,23,28)(H2,24,25,26,30)/b13-12+. The molecule has 0 fully saturated rings. The van der Waals surface area contributed by atoms with Gasteiger partial charge in [0.25, 0.3) is 5.91 Å². The molecule has 2 aromatic rings. The molecule has 156 valence electrons. The van der Waals surface area contributed by atoms with Crippen molar-refractivity contribution < 1.29 is 19.1 Å². The fourth-order valence-corrected chi connectivity index (χ4v) is 2.70. The lowest BCUT2D eigenvalue weighted by Gasteiger charge is -2.13. The minimum Gasteiger partial charge on any atom is -0.463 e. The first-order valence-electron chi connectivity index (χ1n) is 9.37. The van der Waals surface area contributed by atoms with Crippen LogP contribution in [0.2, 0.25) is 0 Å². The largest absolute Gasteiger partial charge is 0.463 e. The molecule has 7 nitrogen and oxygen atoms in total. The highest BCUT2D eigenvalue weighted by atomic mass is 32.1. The molecule has 3 N–H and O–H groups in total. The van der Waals surface area contributed by atoms with Gasteiger partial charge in [-0.2, -0.15) is 0 Å². The molecule has 2 amide bonds. The van der Waals surface area contributed by atoms with Gasteiger partial charge < -0.3 is 15.4 Å². The summed E-state index contributed by atoms with van der Waals surface area (Å²) in [5.41, 5.74) is 1.97. The van der Waals surface area contributed by atoms with Gasteiger partial charge in [0.05, 0.1) is 17.9 Å². The van der Waals surface area contributed by atoms with Crippen LogP contribution in [0.3, 0.4) is 0 Å². The Bertz CT molecular complexity index is 929. The maximum atomic E-state index is 12.6. The van der Waals surface area contributed by atoms with Gasteiger partial charge in [-0.15, -0.1) is 0 Å². The molecule has 2 rings (SSSR count). The molecule has 0 heterocycles. The smallest absolute Gasteiger partial charge is 0.330 e. The highest BCUT2D eigenvalue weighted by Crippen LogP contribution is 2.15. The number of benzene rings is 2. The minimum absolute atomic E-state index is 0.00181. The summed E-state index contributed by atoms with van der Waals surface area (Å²) in [6.45, 7) is 2.37. The molecule has 0 saturated heterocycles. The SMILES string of the molecule is CCOC(=O)/C=C/C(=O)NC(=S)Nc1ccccc1C(=O)NCCc1ccccc1. The number of esters is 1. The molecule has 0 bridgehead atoms. The van der Waals surface area contributed by atoms with Crippen molar-refractivity contribution in [3.8, 4) is 0 Å². The van der Waals surface area contributed by atoms with Crippen molar-refractivity contribution in [3.63, 3.8) is 0 Å². The van der Waals surface area contributed by atoms with Crippen LogP contribution in [0.25, 0.3) is 0 Å². The molecule has 0 aliphatic heterocycles. The van der Waals surface area contributed by atoms with E-state index in [1.165, 1.54) is 0 Å². The topological polar surface area (TPSA) is 96.5 Å². The van der Waals surface area contributed by atoms with E-state index in [2.05, 4.69) is 16.0 Å². The number of hydrogen-bond acceptors (Lipinski definition) is 5. The Labute approximate surface area is 180 Å². The summed E-state index contributed by atoms with van der Waals surface area (Å²) in [6.07, 6.45) is 2.74. The normalized spacial score (nSPS) is 10.3. The van der Waals surface area contributed by atoms with Crippen molar-refractivity contribution in [2.24, 2.45) is 0 Å². The van der Waals surface area contributed by atoms with Crippen LogP contribution in [-0.4, -0.2) is 36.0 Å². The van der Waals surface area contributed by atoms with Crippen molar-refractivity contribution in [3.05, 3.63) is 77.9 Å².